The summed E-state index contributed by atoms with van der Waals surface area (Å²) in [6.07, 6.45) is -0.934. The Hall–Kier alpha value is -2.97. The quantitative estimate of drug-likeness (QED) is 0.641. The number of pyridine rings is 2. The Labute approximate surface area is 184 Å². The van der Waals surface area contributed by atoms with Gasteiger partial charge in [-0.1, -0.05) is 23.7 Å². The van der Waals surface area contributed by atoms with Crippen LogP contribution in [0.4, 0.5) is 15.0 Å². The molecule has 1 saturated heterocycles. The second-order valence-corrected chi connectivity index (χ2v) is 7.91. The van der Waals surface area contributed by atoms with Crippen LogP contribution in [-0.2, 0) is 11.3 Å². The summed E-state index contributed by atoms with van der Waals surface area (Å²) < 4.78 is 19.7. The Balaban J connectivity index is 1.85. The fourth-order valence-electron chi connectivity index (χ4n) is 3.91. The summed E-state index contributed by atoms with van der Waals surface area (Å²) in [7, 11) is 1.58. The minimum Gasteiger partial charge on any atom is -0.465 e. The average Bonchev–Trinajstić information content (AvgIpc) is 2.74. The van der Waals surface area contributed by atoms with Crippen molar-refractivity contribution in [2.75, 3.05) is 31.6 Å². The van der Waals surface area contributed by atoms with E-state index in [9.17, 15) is 14.3 Å². The Morgan fingerprint density at radius 3 is 2.74 bits per heavy atom. The monoisotopic (exact) mass is 444 g/mol. The van der Waals surface area contributed by atoms with E-state index in [4.69, 9.17) is 21.3 Å². The summed E-state index contributed by atoms with van der Waals surface area (Å²) in [5.74, 6) is 0.262. The predicted molar refractivity (Wildman–Crippen MR) is 117 cm³/mol. The summed E-state index contributed by atoms with van der Waals surface area (Å²) >= 11 is 6.54. The minimum atomic E-state index is -0.934. The highest BCUT2D eigenvalue weighted by atomic mass is 35.5. The van der Waals surface area contributed by atoms with Crippen molar-refractivity contribution < 1.29 is 19.0 Å². The number of benzene rings is 1. The molecule has 0 radical (unpaired) electrons. The van der Waals surface area contributed by atoms with E-state index in [2.05, 4.69) is 9.88 Å². The van der Waals surface area contributed by atoms with Crippen molar-refractivity contribution in [3.05, 3.63) is 52.9 Å². The molecule has 0 spiro atoms. The van der Waals surface area contributed by atoms with Crippen LogP contribution in [0.15, 0.2) is 36.4 Å². The zero-order valence-corrected chi connectivity index (χ0v) is 17.9. The molecule has 0 aliphatic carbocycles. The van der Waals surface area contributed by atoms with Crippen LogP contribution in [-0.4, -0.2) is 58.9 Å². The molecular formula is C22H22ClFN4O3. The molecule has 3 aromatic rings. The molecule has 1 fully saturated rings. The van der Waals surface area contributed by atoms with Gasteiger partial charge >= 0.3 is 6.09 Å². The molecule has 4 rings (SSSR count). The van der Waals surface area contributed by atoms with Gasteiger partial charge in [-0.15, -0.1) is 0 Å². The first-order valence-corrected chi connectivity index (χ1v) is 10.3. The summed E-state index contributed by atoms with van der Waals surface area (Å²) in [5.41, 5.74) is 1.97. The SMILES string of the molecule is COCc1cc2nc(-c3ccccc3F)c(Cl)cc2c(N2CCN(C(=O)O)C[C@@H]2C)n1. The van der Waals surface area contributed by atoms with Crippen molar-refractivity contribution in [3.63, 3.8) is 0 Å². The molecule has 0 bridgehead atoms. The van der Waals surface area contributed by atoms with Crippen molar-refractivity contribution in [1.29, 1.82) is 0 Å². The molecular weight excluding hydrogens is 423 g/mol. The van der Waals surface area contributed by atoms with Crippen molar-refractivity contribution >= 4 is 34.4 Å². The highest BCUT2D eigenvalue weighted by molar-refractivity contribution is 6.34. The molecule has 9 heteroatoms. The molecule has 1 aromatic carbocycles. The summed E-state index contributed by atoms with van der Waals surface area (Å²) in [5, 5.41) is 10.4. The number of amides is 1. The van der Waals surface area contributed by atoms with E-state index >= 15 is 0 Å². The van der Waals surface area contributed by atoms with Crippen molar-refractivity contribution in [1.82, 2.24) is 14.9 Å². The van der Waals surface area contributed by atoms with Crippen molar-refractivity contribution in [2.45, 2.75) is 19.6 Å². The van der Waals surface area contributed by atoms with Crippen molar-refractivity contribution in [2.24, 2.45) is 0 Å². The molecule has 3 heterocycles. The topological polar surface area (TPSA) is 78.8 Å². The van der Waals surface area contributed by atoms with Gasteiger partial charge in [0.1, 0.15) is 11.6 Å². The Kier molecular flexibility index (Phi) is 5.93. The van der Waals surface area contributed by atoms with Crippen LogP contribution in [0.25, 0.3) is 22.2 Å². The van der Waals surface area contributed by atoms with Gasteiger partial charge in [0.05, 0.1) is 28.5 Å². The van der Waals surface area contributed by atoms with Crippen LogP contribution in [0.2, 0.25) is 5.02 Å². The first-order chi connectivity index (χ1) is 14.9. The number of carboxylic acid groups (broad SMARTS) is 1. The number of anilines is 1. The number of piperazine rings is 1. The van der Waals surface area contributed by atoms with Crippen LogP contribution in [0, 0.1) is 5.82 Å². The summed E-state index contributed by atoms with van der Waals surface area (Å²) in [4.78, 5) is 24.2. The number of carbonyl (C=O) groups is 1. The molecule has 1 aliphatic heterocycles. The average molecular weight is 445 g/mol. The van der Waals surface area contributed by atoms with E-state index in [1.807, 2.05) is 6.92 Å². The first-order valence-electron chi connectivity index (χ1n) is 9.87. The maximum Gasteiger partial charge on any atom is 0.407 e. The van der Waals surface area contributed by atoms with Crippen LogP contribution in [0.3, 0.4) is 0 Å². The predicted octanol–water partition coefficient (Wildman–Crippen LogP) is 4.42. The molecule has 1 N–H and O–H groups in total. The van der Waals surface area contributed by atoms with Gasteiger partial charge in [0.25, 0.3) is 0 Å². The first kappa shape index (κ1) is 21.3. The number of hydrogen-bond donors (Lipinski definition) is 1. The third-order valence-corrected chi connectivity index (χ3v) is 5.68. The highest BCUT2D eigenvalue weighted by Crippen LogP contribution is 2.35. The Morgan fingerprint density at radius 1 is 1.29 bits per heavy atom. The van der Waals surface area contributed by atoms with Gasteiger partial charge in [-0.05, 0) is 31.2 Å². The zero-order chi connectivity index (χ0) is 22.1. The number of aromatic nitrogens is 2. The maximum atomic E-state index is 14.4. The number of halogens is 2. The molecule has 1 amide bonds. The number of nitrogens with zero attached hydrogens (tertiary/aromatic N) is 4. The smallest absolute Gasteiger partial charge is 0.407 e. The lowest BCUT2D eigenvalue weighted by atomic mass is 10.1. The van der Waals surface area contributed by atoms with Gasteiger partial charge in [0.15, 0.2) is 0 Å². The molecule has 31 heavy (non-hydrogen) atoms. The van der Waals surface area contributed by atoms with Gasteiger partial charge < -0.3 is 19.6 Å². The van der Waals surface area contributed by atoms with Crippen LogP contribution < -0.4 is 4.90 Å². The number of hydrogen-bond acceptors (Lipinski definition) is 5. The van der Waals surface area contributed by atoms with E-state index in [1.54, 1.807) is 37.4 Å². The zero-order valence-electron chi connectivity index (χ0n) is 17.2. The highest BCUT2D eigenvalue weighted by Gasteiger charge is 2.29. The molecule has 2 aromatic heterocycles. The van der Waals surface area contributed by atoms with Gasteiger partial charge in [-0.2, -0.15) is 0 Å². The van der Waals surface area contributed by atoms with E-state index in [-0.39, 0.29) is 12.6 Å². The second-order valence-electron chi connectivity index (χ2n) is 7.51. The fraction of sp³-hybridized carbons (Fsp3) is 0.318. The third-order valence-electron chi connectivity index (χ3n) is 5.39. The van der Waals surface area contributed by atoms with E-state index in [1.165, 1.54) is 11.0 Å². The minimum absolute atomic E-state index is 0.0941. The lowest BCUT2D eigenvalue weighted by Gasteiger charge is -2.39. The van der Waals surface area contributed by atoms with E-state index < -0.39 is 11.9 Å². The van der Waals surface area contributed by atoms with Gasteiger partial charge in [-0.25, -0.2) is 19.2 Å². The van der Waals surface area contributed by atoms with Crippen LogP contribution in [0.1, 0.15) is 12.6 Å². The second kappa shape index (κ2) is 8.64. The number of methoxy groups -OCH3 is 1. The molecule has 0 unspecified atom stereocenters. The normalized spacial score (nSPS) is 16.7. The van der Waals surface area contributed by atoms with E-state index in [0.717, 1.165) is 5.39 Å². The Morgan fingerprint density at radius 2 is 2.06 bits per heavy atom. The molecule has 1 aliphatic rings. The van der Waals surface area contributed by atoms with Crippen LogP contribution in [0.5, 0.6) is 0 Å². The maximum absolute atomic E-state index is 14.4. The molecule has 7 nitrogen and oxygen atoms in total. The van der Waals surface area contributed by atoms with Gasteiger partial charge in [-0.3, -0.25) is 0 Å². The summed E-state index contributed by atoms with van der Waals surface area (Å²) in [6, 6.07) is 9.82. The van der Waals surface area contributed by atoms with Crippen LogP contribution >= 0.6 is 11.6 Å². The Bertz CT molecular complexity index is 1140. The van der Waals surface area contributed by atoms with E-state index in [0.29, 0.717) is 52.9 Å². The van der Waals surface area contributed by atoms with Gasteiger partial charge in [0, 0.05) is 43.7 Å². The molecule has 1 atom stereocenters. The summed E-state index contributed by atoms with van der Waals surface area (Å²) in [6.45, 7) is 3.45. The largest absolute Gasteiger partial charge is 0.465 e. The van der Waals surface area contributed by atoms with Gasteiger partial charge in [0.2, 0.25) is 0 Å². The number of ether oxygens (including phenoxy) is 1. The van der Waals surface area contributed by atoms with Crippen molar-refractivity contribution in [3.8, 4) is 11.3 Å². The lowest BCUT2D eigenvalue weighted by Crippen LogP contribution is -2.53. The third kappa shape index (κ3) is 4.13. The number of fused-ring (bicyclic) bond motifs is 1. The number of rotatable bonds is 4. The fourth-order valence-corrected chi connectivity index (χ4v) is 4.16. The molecule has 0 saturated carbocycles. The standard InChI is InChI=1S/C22H22ClFN4O3/c1-13-11-27(22(29)30)7-8-28(13)21-16-10-17(23)20(15-5-3-4-6-18(15)24)26-19(16)9-14(25-21)12-31-2/h3-6,9-10,13H,7-8,11-12H2,1-2H3,(H,29,30)/t13-/m0/s1. The lowest BCUT2D eigenvalue weighted by molar-refractivity contribution is 0.136. The molecule has 162 valence electrons.